The maximum Gasteiger partial charge on any atom is 0.241 e. The number of nitrogens with zero attached hydrogens (tertiary/aromatic N) is 1. The fraction of sp³-hybridized carbons (Fsp3) is 0.381. The zero-order chi connectivity index (χ0) is 20.9. The zero-order valence-corrected chi connectivity index (χ0v) is 17.8. The van der Waals surface area contributed by atoms with Crippen LogP contribution in [-0.4, -0.2) is 33.7 Å². The molecule has 2 aromatic carbocycles. The van der Waals surface area contributed by atoms with E-state index in [9.17, 15) is 13.2 Å². The average molecular weight is 405 g/mol. The fourth-order valence-corrected chi connectivity index (χ4v) is 3.67. The summed E-state index contributed by atoms with van der Waals surface area (Å²) in [4.78, 5) is 12.5. The molecule has 0 bridgehead atoms. The van der Waals surface area contributed by atoms with Crippen LogP contribution < -0.4 is 14.4 Å². The Labute approximate surface area is 167 Å². The molecule has 7 heteroatoms. The lowest BCUT2D eigenvalue weighted by Gasteiger charge is -2.23. The molecule has 0 spiro atoms. The summed E-state index contributed by atoms with van der Waals surface area (Å²) in [6, 6.07) is 12.4. The molecule has 0 aliphatic carbocycles. The van der Waals surface area contributed by atoms with Gasteiger partial charge in [0.25, 0.3) is 0 Å². The first-order valence-corrected chi connectivity index (χ1v) is 11.0. The van der Waals surface area contributed by atoms with Crippen LogP contribution in [0, 0.1) is 13.8 Å². The molecule has 2 rings (SSSR count). The molecule has 0 saturated carbocycles. The van der Waals surface area contributed by atoms with Crippen molar-refractivity contribution in [1.29, 1.82) is 0 Å². The highest BCUT2D eigenvalue weighted by Gasteiger charge is 2.22. The highest BCUT2D eigenvalue weighted by Crippen LogP contribution is 2.22. The molecule has 6 nitrogen and oxygen atoms in total. The van der Waals surface area contributed by atoms with Gasteiger partial charge >= 0.3 is 0 Å². The van der Waals surface area contributed by atoms with Crippen LogP contribution in [-0.2, 0) is 14.8 Å². The van der Waals surface area contributed by atoms with Gasteiger partial charge in [-0.05, 0) is 68.7 Å². The third-order valence-electron chi connectivity index (χ3n) is 4.53. The van der Waals surface area contributed by atoms with Crippen LogP contribution in [0.4, 0.5) is 5.69 Å². The quantitative estimate of drug-likeness (QED) is 0.732. The third kappa shape index (κ3) is 5.73. The second kappa shape index (κ2) is 9.10. The molecule has 0 aliphatic heterocycles. The van der Waals surface area contributed by atoms with Gasteiger partial charge in [-0.3, -0.25) is 9.10 Å². The minimum absolute atomic E-state index is 0.228. The van der Waals surface area contributed by atoms with E-state index < -0.39 is 10.0 Å². The summed E-state index contributed by atoms with van der Waals surface area (Å²) in [5.41, 5.74) is 3.72. The predicted molar refractivity (Wildman–Crippen MR) is 112 cm³/mol. The van der Waals surface area contributed by atoms with Gasteiger partial charge in [-0.1, -0.05) is 18.2 Å². The summed E-state index contributed by atoms with van der Waals surface area (Å²) in [6.07, 6.45) is 1.09. The van der Waals surface area contributed by atoms with Crippen LogP contribution in [0.2, 0.25) is 0 Å². The normalized spacial score (nSPS) is 12.3. The maximum atomic E-state index is 12.5. The Balaban J connectivity index is 2.13. The Bertz CT molecular complexity index is 924. The molecule has 1 atom stereocenters. The van der Waals surface area contributed by atoms with Crippen molar-refractivity contribution in [1.82, 2.24) is 5.32 Å². The Morgan fingerprint density at radius 1 is 1.11 bits per heavy atom. The Morgan fingerprint density at radius 2 is 1.75 bits per heavy atom. The van der Waals surface area contributed by atoms with Crippen molar-refractivity contribution in [3.8, 4) is 5.75 Å². The Kier molecular flexibility index (Phi) is 7.07. The monoisotopic (exact) mass is 404 g/mol. The van der Waals surface area contributed by atoms with Crippen molar-refractivity contribution >= 4 is 21.6 Å². The number of hydrogen-bond acceptors (Lipinski definition) is 4. The number of benzene rings is 2. The fourth-order valence-electron chi connectivity index (χ4n) is 2.81. The molecule has 1 amide bonds. The predicted octanol–water partition coefficient (Wildman–Crippen LogP) is 3.35. The van der Waals surface area contributed by atoms with Crippen molar-refractivity contribution in [3.05, 3.63) is 59.2 Å². The van der Waals surface area contributed by atoms with E-state index in [1.54, 1.807) is 24.3 Å². The summed E-state index contributed by atoms with van der Waals surface area (Å²) >= 11 is 0. The van der Waals surface area contributed by atoms with Crippen molar-refractivity contribution in [3.63, 3.8) is 0 Å². The molecular weight excluding hydrogens is 376 g/mol. The van der Waals surface area contributed by atoms with Gasteiger partial charge in [0.15, 0.2) is 0 Å². The van der Waals surface area contributed by atoms with Crippen LogP contribution in [0.25, 0.3) is 0 Å². The van der Waals surface area contributed by atoms with Gasteiger partial charge in [0.05, 0.1) is 24.6 Å². The lowest BCUT2D eigenvalue weighted by Crippen LogP contribution is -2.41. The molecule has 0 aromatic heterocycles. The van der Waals surface area contributed by atoms with Gasteiger partial charge in [0.2, 0.25) is 15.9 Å². The van der Waals surface area contributed by atoms with Crippen LogP contribution in [0.1, 0.15) is 36.6 Å². The number of ether oxygens (including phenoxy) is 1. The number of carbonyl (C=O) groups excluding carboxylic acids is 1. The summed E-state index contributed by atoms with van der Waals surface area (Å²) < 4.78 is 30.9. The Morgan fingerprint density at radius 3 is 2.29 bits per heavy atom. The van der Waals surface area contributed by atoms with Crippen LogP contribution >= 0.6 is 0 Å². The highest BCUT2D eigenvalue weighted by atomic mass is 32.2. The SMILES string of the molecule is CCOc1ccc(N(CC(=O)NC(C)c2ccc(C)c(C)c2)S(C)(=O)=O)cc1. The lowest BCUT2D eigenvalue weighted by molar-refractivity contribution is -0.120. The number of carbonyl (C=O) groups is 1. The van der Waals surface area contributed by atoms with Crippen molar-refractivity contribution < 1.29 is 17.9 Å². The maximum absolute atomic E-state index is 12.5. The van der Waals surface area contributed by atoms with E-state index in [1.165, 1.54) is 5.56 Å². The van der Waals surface area contributed by atoms with Gasteiger partial charge in [0.1, 0.15) is 12.3 Å². The summed E-state index contributed by atoms with van der Waals surface area (Å²) in [5, 5.41) is 2.88. The minimum atomic E-state index is -3.62. The minimum Gasteiger partial charge on any atom is -0.494 e. The molecule has 1 unspecified atom stereocenters. The summed E-state index contributed by atoms with van der Waals surface area (Å²) in [6.45, 7) is 8.03. The first-order chi connectivity index (χ1) is 13.1. The van der Waals surface area contributed by atoms with E-state index in [1.807, 2.05) is 45.9 Å². The second-order valence-electron chi connectivity index (χ2n) is 6.83. The molecule has 0 saturated heterocycles. The molecule has 1 N–H and O–H groups in total. The van der Waals surface area contributed by atoms with Crippen molar-refractivity contribution in [2.45, 2.75) is 33.7 Å². The van der Waals surface area contributed by atoms with E-state index in [4.69, 9.17) is 4.74 Å². The van der Waals surface area contributed by atoms with E-state index in [-0.39, 0.29) is 18.5 Å². The number of sulfonamides is 1. The number of anilines is 1. The van der Waals surface area contributed by atoms with E-state index in [0.717, 1.165) is 21.7 Å². The molecule has 0 aliphatic rings. The highest BCUT2D eigenvalue weighted by molar-refractivity contribution is 7.92. The molecule has 0 radical (unpaired) electrons. The van der Waals surface area contributed by atoms with Crippen LogP contribution in [0.15, 0.2) is 42.5 Å². The first kappa shape index (κ1) is 21.8. The molecule has 28 heavy (non-hydrogen) atoms. The standard InChI is InChI=1S/C21H28N2O4S/c1-6-27-20-11-9-19(10-12-20)23(28(5,25)26)14-21(24)22-17(4)18-8-7-15(2)16(3)13-18/h7-13,17H,6,14H2,1-5H3,(H,22,24). The van der Waals surface area contributed by atoms with Crippen LogP contribution in [0.3, 0.4) is 0 Å². The zero-order valence-electron chi connectivity index (χ0n) is 17.0. The number of aryl methyl sites for hydroxylation is 2. The average Bonchev–Trinajstić information content (AvgIpc) is 2.62. The summed E-state index contributed by atoms with van der Waals surface area (Å²) in [7, 11) is -3.62. The largest absolute Gasteiger partial charge is 0.494 e. The van der Waals surface area contributed by atoms with Gasteiger partial charge in [-0.15, -0.1) is 0 Å². The van der Waals surface area contributed by atoms with Crippen molar-refractivity contribution in [2.75, 3.05) is 23.7 Å². The number of nitrogens with one attached hydrogen (secondary N) is 1. The summed E-state index contributed by atoms with van der Waals surface area (Å²) in [5.74, 6) is 0.276. The number of hydrogen-bond donors (Lipinski definition) is 1. The van der Waals surface area contributed by atoms with Crippen molar-refractivity contribution in [2.24, 2.45) is 0 Å². The van der Waals surface area contributed by atoms with E-state index in [2.05, 4.69) is 5.32 Å². The number of amides is 1. The second-order valence-corrected chi connectivity index (χ2v) is 8.74. The topological polar surface area (TPSA) is 75.7 Å². The number of rotatable bonds is 8. The lowest BCUT2D eigenvalue weighted by atomic mass is 10.0. The van der Waals surface area contributed by atoms with Gasteiger partial charge in [0, 0.05) is 0 Å². The van der Waals surface area contributed by atoms with E-state index >= 15 is 0 Å². The smallest absolute Gasteiger partial charge is 0.241 e. The Hall–Kier alpha value is -2.54. The third-order valence-corrected chi connectivity index (χ3v) is 5.67. The molecule has 0 heterocycles. The molecule has 0 fully saturated rings. The molecule has 2 aromatic rings. The van der Waals surface area contributed by atoms with E-state index in [0.29, 0.717) is 18.0 Å². The van der Waals surface area contributed by atoms with Gasteiger partial charge in [-0.25, -0.2) is 8.42 Å². The van der Waals surface area contributed by atoms with Gasteiger partial charge in [-0.2, -0.15) is 0 Å². The molecular formula is C21H28N2O4S. The van der Waals surface area contributed by atoms with Crippen LogP contribution in [0.5, 0.6) is 5.75 Å². The van der Waals surface area contributed by atoms with Gasteiger partial charge < -0.3 is 10.1 Å². The first-order valence-electron chi connectivity index (χ1n) is 9.19. The molecule has 152 valence electrons.